The molecule has 32 heavy (non-hydrogen) atoms. The molecule has 2 aliphatic heterocycles. The minimum atomic E-state index is -3.53. The highest BCUT2D eigenvalue weighted by molar-refractivity contribution is 7.89. The molecule has 2 aromatic carbocycles. The number of sulfonamides is 1. The highest BCUT2D eigenvalue weighted by atomic mass is 32.2. The largest absolute Gasteiger partial charge is 0.497 e. The van der Waals surface area contributed by atoms with Crippen LogP contribution in [0.1, 0.15) is 30.4 Å². The number of ether oxygens (including phenoxy) is 1. The predicted molar refractivity (Wildman–Crippen MR) is 120 cm³/mol. The summed E-state index contributed by atoms with van der Waals surface area (Å²) in [6.45, 7) is 1.31. The molecule has 0 atom stereocenters. The first-order chi connectivity index (χ1) is 15.4. The van der Waals surface area contributed by atoms with Crippen LogP contribution < -0.4 is 15.0 Å². The molecule has 1 fully saturated rings. The Bertz CT molecular complexity index is 1110. The molecule has 0 spiro atoms. The molecule has 2 heterocycles. The van der Waals surface area contributed by atoms with E-state index in [0.29, 0.717) is 31.7 Å². The van der Waals surface area contributed by atoms with Crippen molar-refractivity contribution in [1.82, 2.24) is 9.62 Å². The van der Waals surface area contributed by atoms with Crippen LogP contribution in [0.15, 0.2) is 47.4 Å². The fourth-order valence-corrected chi connectivity index (χ4v) is 5.66. The van der Waals surface area contributed by atoms with Crippen LogP contribution in [0.5, 0.6) is 5.75 Å². The zero-order chi connectivity index (χ0) is 22.7. The molecule has 2 aliphatic rings. The van der Waals surface area contributed by atoms with Crippen molar-refractivity contribution in [3.8, 4) is 5.75 Å². The molecule has 0 saturated carbocycles. The number of nitrogens with zero attached hydrogens (tertiary/aromatic N) is 2. The van der Waals surface area contributed by atoms with Gasteiger partial charge in [0.15, 0.2) is 0 Å². The van der Waals surface area contributed by atoms with Gasteiger partial charge in [-0.05, 0) is 60.7 Å². The molecule has 1 N–H and O–H groups in total. The van der Waals surface area contributed by atoms with E-state index in [9.17, 15) is 18.0 Å². The number of amides is 2. The van der Waals surface area contributed by atoms with E-state index in [-0.39, 0.29) is 29.7 Å². The third-order valence-electron chi connectivity index (χ3n) is 5.90. The van der Waals surface area contributed by atoms with E-state index in [1.54, 1.807) is 19.2 Å². The van der Waals surface area contributed by atoms with E-state index < -0.39 is 10.0 Å². The number of rotatable bonds is 7. The lowest BCUT2D eigenvalue weighted by Crippen LogP contribution is -2.43. The van der Waals surface area contributed by atoms with Gasteiger partial charge in [0.2, 0.25) is 21.8 Å². The number of carbonyl (C=O) groups excluding carboxylic acids is 2. The van der Waals surface area contributed by atoms with Crippen LogP contribution in [0, 0.1) is 0 Å². The highest BCUT2D eigenvalue weighted by Gasteiger charge is 2.31. The summed E-state index contributed by atoms with van der Waals surface area (Å²) in [6, 6.07) is 12.2. The van der Waals surface area contributed by atoms with Crippen LogP contribution in [-0.2, 0) is 32.6 Å². The molecular weight excluding hydrogens is 430 g/mol. The van der Waals surface area contributed by atoms with Crippen LogP contribution in [0.4, 0.5) is 5.69 Å². The first kappa shape index (κ1) is 22.3. The number of nitrogens with one attached hydrogen (secondary N) is 1. The number of fused-ring (bicyclic) bond motifs is 1. The lowest BCUT2D eigenvalue weighted by Gasteiger charge is -2.29. The van der Waals surface area contributed by atoms with Crippen molar-refractivity contribution in [2.75, 3.05) is 31.6 Å². The van der Waals surface area contributed by atoms with Crippen LogP contribution in [0.25, 0.3) is 0 Å². The van der Waals surface area contributed by atoms with E-state index >= 15 is 0 Å². The van der Waals surface area contributed by atoms with Crippen molar-refractivity contribution < 1.29 is 22.7 Å². The number of anilines is 1. The Balaban J connectivity index is 1.45. The maximum Gasteiger partial charge on any atom is 0.243 e. The Labute approximate surface area is 188 Å². The van der Waals surface area contributed by atoms with Crippen molar-refractivity contribution >= 4 is 27.5 Å². The topological polar surface area (TPSA) is 96.0 Å². The molecular formula is C23H27N3O5S. The second-order valence-corrected chi connectivity index (χ2v) is 9.94. The van der Waals surface area contributed by atoms with Gasteiger partial charge in [0, 0.05) is 31.7 Å². The zero-order valence-corrected chi connectivity index (χ0v) is 18.9. The third-order valence-corrected chi connectivity index (χ3v) is 7.80. The van der Waals surface area contributed by atoms with Crippen molar-refractivity contribution in [3.63, 3.8) is 0 Å². The van der Waals surface area contributed by atoms with Crippen molar-refractivity contribution in [2.24, 2.45) is 0 Å². The van der Waals surface area contributed by atoms with Gasteiger partial charge in [0.1, 0.15) is 12.3 Å². The first-order valence-corrected chi connectivity index (χ1v) is 12.2. The summed E-state index contributed by atoms with van der Waals surface area (Å²) in [5.41, 5.74) is 2.29. The molecule has 1 saturated heterocycles. The number of aryl methyl sites for hydroxylation is 1. The number of benzene rings is 2. The fourth-order valence-electron chi connectivity index (χ4n) is 4.09. The van der Waals surface area contributed by atoms with Gasteiger partial charge in [-0.2, -0.15) is 4.31 Å². The van der Waals surface area contributed by atoms with E-state index in [2.05, 4.69) is 5.32 Å². The standard InChI is InChI=1S/C23H27N3O5S/c1-31-19-7-4-17(5-8-19)15-24-22(27)16-26-21-10-9-20(14-18(21)6-11-23(26)28)32(29,30)25-12-2-3-13-25/h4-5,7-10,14H,2-3,6,11-13,15-16H2,1H3,(H,24,27). The van der Waals surface area contributed by atoms with Crippen LogP contribution in [0.2, 0.25) is 0 Å². The minimum absolute atomic E-state index is 0.111. The molecule has 0 aliphatic carbocycles. The monoisotopic (exact) mass is 457 g/mol. The molecule has 0 unspecified atom stereocenters. The van der Waals surface area contributed by atoms with E-state index in [0.717, 1.165) is 29.7 Å². The van der Waals surface area contributed by atoms with Gasteiger partial charge in [-0.25, -0.2) is 8.42 Å². The SMILES string of the molecule is COc1ccc(CNC(=O)CN2C(=O)CCc3cc(S(=O)(=O)N4CCCC4)ccc32)cc1. The fraction of sp³-hybridized carbons (Fsp3) is 0.391. The molecule has 0 aromatic heterocycles. The van der Waals surface area contributed by atoms with Crippen molar-refractivity contribution in [3.05, 3.63) is 53.6 Å². The summed E-state index contributed by atoms with van der Waals surface area (Å²) in [6.07, 6.45) is 2.45. The van der Waals surface area contributed by atoms with Gasteiger partial charge in [-0.3, -0.25) is 9.59 Å². The molecule has 8 nitrogen and oxygen atoms in total. The number of carbonyl (C=O) groups is 2. The predicted octanol–water partition coefficient (Wildman–Crippen LogP) is 2.08. The van der Waals surface area contributed by atoms with Gasteiger partial charge >= 0.3 is 0 Å². The highest BCUT2D eigenvalue weighted by Crippen LogP contribution is 2.31. The van der Waals surface area contributed by atoms with Crippen molar-refractivity contribution in [1.29, 1.82) is 0 Å². The van der Waals surface area contributed by atoms with E-state index in [1.165, 1.54) is 15.3 Å². The van der Waals surface area contributed by atoms with Gasteiger partial charge in [0.05, 0.1) is 12.0 Å². The molecule has 2 amide bonds. The zero-order valence-electron chi connectivity index (χ0n) is 18.0. The van der Waals surface area contributed by atoms with Gasteiger partial charge in [0.25, 0.3) is 0 Å². The molecule has 9 heteroatoms. The molecule has 0 radical (unpaired) electrons. The number of methoxy groups -OCH3 is 1. The lowest BCUT2D eigenvalue weighted by atomic mass is 10.0. The minimum Gasteiger partial charge on any atom is -0.497 e. The molecule has 0 bridgehead atoms. The summed E-state index contributed by atoms with van der Waals surface area (Å²) in [7, 11) is -1.94. The second kappa shape index (κ2) is 9.30. The summed E-state index contributed by atoms with van der Waals surface area (Å²) in [5, 5.41) is 2.83. The molecule has 170 valence electrons. The Morgan fingerprint density at radius 2 is 1.78 bits per heavy atom. The smallest absolute Gasteiger partial charge is 0.243 e. The normalized spacial score (nSPS) is 16.7. The first-order valence-electron chi connectivity index (χ1n) is 10.7. The van der Waals surface area contributed by atoms with E-state index in [1.807, 2.05) is 24.3 Å². The number of hydrogen-bond acceptors (Lipinski definition) is 5. The quantitative estimate of drug-likeness (QED) is 0.687. The summed E-state index contributed by atoms with van der Waals surface area (Å²) in [5.74, 6) is 0.310. The Morgan fingerprint density at radius 1 is 1.06 bits per heavy atom. The number of hydrogen-bond donors (Lipinski definition) is 1. The third kappa shape index (κ3) is 4.63. The summed E-state index contributed by atoms with van der Waals surface area (Å²) < 4.78 is 32.4. The van der Waals surface area contributed by atoms with Crippen LogP contribution >= 0.6 is 0 Å². The Morgan fingerprint density at radius 3 is 2.47 bits per heavy atom. The lowest BCUT2D eigenvalue weighted by molar-refractivity contribution is -0.124. The van der Waals surface area contributed by atoms with Crippen LogP contribution in [0.3, 0.4) is 0 Å². The summed E-state index contributed by atoms with van der Waals surface area (Å²) >= 11 is 0. The molecule has 2 aromatic rings. The molecule has 4 rings (SSSR count). The van der Waals surface area contributed by atoms with Gasteiger partial charge < -0.3 is 15.0 Å². The summed E-state index contributed by atoms with van der Waals surface area (Å²) in [4.78, 5) is 26.8. The van der Waals surface area contributed by atoms with Gasteiger partial charge in [-0.1, -0.05) is 12.1 Å². The maximum atomic E-state index is 12.9. The average Bonchev–Trinajstić information content (AvgIpc) is 3.35. The van der Waals surface area contributed by atoms with Gasteiger partial charge in [-0.15, -0.1) is 0 Å². The second-order valence-electron chi connectivity index (χ2n) is 8.01. The Hall–Kier alpha value is -2.91. The average molecular weight is 458 g/mol. The Kier molecular flexibility index (Phi) is 6.48. The maximum absolute atomic E-state index is 12.9. The van der Waals surface area contributed by atoms with Crippen LogP contribution in [-0.4, -0.2) is 51.3 Å². The van der Waals surface area contributed by atoms with E-state index in [4.69, 9.17) is 4.74 Å². The van der Waals surface area contributed by atoms with Crippen molar-refractivity contribution in [2.45, 2.75) is 37.1 Å².